The molecule has 17 heavy (non-hydrogen) atoms. The van der Waals surface area contributed by atoms with Crippen LogP contribution >= 0.6 is 11.6 Å². The molecule has 4 nitrogen and oxygen atoms in total. The molecule has 0 aliphatic heterocycles. The molecule has 3 N–H and O–H groups in total. The van der Waals surface area contributed by atoms with Gasteiger partial charge in [-0.3, -0.25) is 9.59 Å². The molecule has 0 saturated heterocycles. The summed E-state index contributed by atoms with van der Waals surface area (Å²) in [4.78, 5) is 22.4. The number of anilines is 1. The van der Waals surface area contributed by atoms with Crippen molar-refractivity contribution in [3.63, 3.8) is 0 Å². The zero-order chi connectivity index (χ0) is 12.7. The molecule has 1 aromatic carbocycles. The van der Waals surface area contributed by atoms with Crippen LogP contribution in [0.5, 0.6) is 0 Å². The number of hydrogen-bond acceptors (Lipinski definition) is 2. The predicted molar refractivity (Wildman–Crippen MR) is 68.2 cm³/mol. The van der Waals surface area contributed by atoms with Gasteiger partial charge in [-0.05, 0) is 31.0 Å². The maximum absolute atomic E-state index is 11.5. The highest BCUT2D eigenvalue weighted by Gasteiger charge is 2.04. The average Bonchev–Trinajstić information content (AvgIpc) is 2.29. The standard InChI is InChI=1S/C12H15ClN2O2/c13-7-2-1-6-11(16)15-10-5-3-4-9(8-10)12(14)17/h3-5,8H,1-2,6-7H2,(H2,14,17)(H,15,16). The summed E-state index contributed by atoms with van der Waals surface area (Å²) in [6.07, 6.45) is 1.99. The van der Waals surface area contributed by atoms with Gasteiger partial charge in [-0.2, -0.15) is 0 Å². The third kappa shape index (κ3) is 4.87. The molecule has 0 heterocycles. The highest BCUT2D eigenvalue weighted by atomic mass is 35.5. The smallest absolute Gasteiger partial charge is 0.248 e. The van der Waals surface area contributed by atoms with Gasteiger partial charge in [0.25, 0.3) is 0 Å². The topological polar surface area (TPSA) is 72.2 Å². The van der Waals surface area contributed by atoms with E-state index < -0.39 is 5.91 Å². The van der Waals surface area contributed by atoms with Crippen LogP contribution in [0.2, 0.25) is 0 Å². The van der Waals surface area contributed by atoms with E-state index in [2.05, 4.69) is 5.32 Å². The SMILES string of the molecule is NC(=O)c1cccc(NC(=O)CCCCCl)c1. The average molecular weight is 255 g/mol. The van der Waals surface area contributed by atoms with Crippen LogP contribution in [0.1, 0.15) is 29.6 Å². The molecule has 0 aliphatic carbocycles. The summed E-state index contributed by atoms with van der Waals surface area (Å²) in [5, 5.41) is 2.71. The fourth-order valence-electron chi connectivity index (χ4n) is 1.35. The van der Waals surface area contributed by atoms with E-state index >= 15 is 0 Å². The number of carbonyl (C=O) groups is 2. The lowest BCUT2D eigenvalue weighted by molar-refractivity contribution is -0.116. The number of unbranched alkanes of at least 4 members (excludes halogenated alkanes) is 1. The van der Waals surface area contributed by atoms with E-state index in [4.69, 9.17) is 17.3 Å². The zero-order valence-electron chi connectivity index (χ0n) is 9.41. The Morgan fingerprint density at radius 2 is 2.06 bits per heavy atom. The van der Waals surface area contributed by atoms with Gasteiger partial charge < -0.3 is 11.1 Å². The van der Waals surface area contributed by atoms with E-state index in [0.29, 0.717) is 23.6 Å². The number of nitrogens with one attached hydrogen (secondary N) is 1. The summed E-state index contributed by atoms with van der Waals surface area (Å²) in [6, 6.07) is 6.55. The number of alkyl halides is 1. The second-order valence-electron chi connectivity index (χ2n) is 3.64. The van der Waals surface area contributed by atoms with Gasteiger partial charge >= 0.3 is 0 Å². The molecule has 2 amide bonds. The summed E-state index contributed by atoms with van der Waals surface area (Å²) in [6.45, 7) is 0. The Morgan fingerprint density at radius 1 is 1.29 bits per heavy atom. The number of primary amides is 1. The van der Waals surface area contributed by atoms with E-state index in [1.54, 1.807) is 24.3 Å². The van der Waals surface area contributed by atoms with Crippen molar-refractivity contribution in [2.24, 2.45) is 5.73 Å². The first kappa shape index (κ1) is 13.5. The van der Waals surface area contributed by atoms with Crippen LogP contribution in [0.15, 0.2) is 24.3 Å². The lowest BCUT2D eigenvalue weighted by Crippen LogP contribution is -2.14. The van der Waals surface area contributed by atoms with Gasteiger partial charge in [-0.15, -0.1) is 11.6 Å². The van der Waals surface area contributed by atoms with Crippen LogP contribution < -0.4 is 11.1 Å². The minimum absolute atomic E-state index is 0.0864. The number of carbonyl (C=O) groups excluding carboxylic acids is 2. The number of halogens is 1. The first-order valence-electron chi connectivity index (χ1n) is 5.39. The first-order valence-corrected chi connectivity index (χ1v) is 5.92. The Morgan fingerprint density at radius 3 is 2.71 bits per heavy atom. The van der Waals surface area contributed by atoms with E-state index in [-0.39, 0.29) is 5.91 Å². The maximum atomic E-state index is 11.5. The number of hydrogen-bond donors (Lipinski definition) is 2. The minimum Gasteiger partial charge on any atom is -0.366 e. The minimum atomic E-state index is -0.511. The maximum Gasteiger partial charge on any atom is 0.248 e. The lowest BCUT2D eigenvalue weighted by atomic mass is 10.2. The fraction of sp³-hybridized carbons (Fsp3) is 0.333. The van der Waals surface area contributed by atoms with Crippen molar-refractivity contribution in [3.05, 3.63) is 29.8 Å². The second-order valence-corrected chi connectivity index (χ2v) is 4.02. The number of amides is 2. The predicted octanol–water partition coefficient (Wildman–Crippen LogP) is 2.13. The largest absolute Gasteiger partial charge is 0.366 e. The molecule has 1 aromatic rings. The molecule has 1 rings (SSSR count). The summed E-state index contributed by atoms with van der Waals surface area (Å²) in [5.41, 5.74) is 6.10. The van der Waals surface area contributed by atoms with Gasteiger partial charge in [0.2, 0.25) is 11.8 Å². The van der Waals surface area contributed by atoms with Crippen LogP contribution in [0, 0.1) is 0 Å². The molecule has 0 fully saturated rings. The third-order valence-corrected chi connectivity index (χ3v) is 2.49. The van der Waals surface area contributed by atoms with Gasteiger partial charge in [0, 0.05) is 23.6 Å². The summed E-state index contributed by atoms with van der Waals surface area (Å²) in [7, 11) is 0. The summed E-state index contributed by atoms with van der Waals surface area (Å²) < 4.78 is 0. The molecular weight excluding hydrogens is 240 g/mol. The van der Waals surface area contributed by atoms with E-state index in [9.17, 15) is 9.59 Å². The molecule has 92 valence electrons. The molecule has 0 aromatic heterocycles. The van der Waals surface area contributed by atoms with Crippen LogP contribution in [0.4, 0.5) is 5.69 Å². The van der Waals surface area contributed by atoms with E-state index in [1.807, 2.05) is 0 Å². The zero-order valence-corrected chi connectivity index (χ0v) is 10.2. The van der Waals surface area contributed by atoms with Crippen LogP contribution in [0.25, 0.3) is 0 Å². The summed E-state index contributed by atoms with van der Waals surface area (Å²) in [5.74, 6) is -0.0373. The van der Waals surface area contributed by atoms with Crippen LogP contribution in [-0.2, 0) is 4.79 Å². The molecule has 0 radical (unpaired) electrons. The van der Waals surface area contributed by atoms with Gasteiger partial charge in [-0.1, -0.05) is 6.07 Å². The van der Waals surface area contributed by atoms with E-state index in [1.165, 1.54) is 0 Å². The molecule has 0 atom stereocenters. The van der Waals surface area contributed by atoms with Gasteiger partial charge in [-0.25, -0.2) is 0 Å². The van der Waals surface area contributed by atoms with Crippen molar-refractivity contribution < 1.29 is 9.59 Å². The molecule has 0 saturated carbocycles. The Labute approximate surface area is 105 Å². The Kier molecular flexibility index (Phi) is 5.49. The number of benzene rings is 1. The number of nitrogens with two attached hydrogens (primary N) is 1. The number of rotatable bonds is 6. The Balaban J connectivity index is 2.53. The van der Waals surface area contributed by atoms with Crippen LogP contribution in [-0.4, -0.2) is 17.7 Å². The van der Waals surface area contributed by atoms with Crippen molar-refractivity contribution in [1.82, 2.24) is 0 Å². The van der Waals surface area contributed by atoms with Gasteiger partial charge in [0.1, 0.15) is 0 Å². The molecule has 5 heteroatoms. The molecule has 0 bridgehead atoms. The molecular formula is C12H15ClN2O2. The Hall–Kier alpha value is -1.55. The Bertz CT molecular complexity index is 407. The molecule has 0 unspecified atom stereocenters. The lowest BCUT2D eigenvalue weighted by Gasteiger charge is -2.05. The first-order chi connectivity index (χ1) is 8.13. The highest BCUT2D eigenvalue weighted by Crippen LogP contribution is 2.11. The van der Waals surface area contributed by atoms with Crippen molar-refractivity contribution in [3.8, 4) is 0 Å². The van der Waals surface area contributed by atoms with Gasteiger partial charge in [0.15, 0.2) is 0 Å². The van der Waals surface area contributed by atoms with Crippen LogP contribution in [0.3, 0.4) is 0 Å². The van der Waals surface area contributed by atoms with Crippen molar-refractivity contribution >= 4 is 29.1 Å². The quantitative estimate of drug-likeness (QED) is 0.603. The van der Waals surface area contributed by atoms with Crippen molar-refractivity contribution in [2.75, 3.05) is 11.2 Å². The van der Waals surface area contributed by atoms with Crippen molar-refractivity contribution in [1.29, 1.82) is 0 Å². The van der Waals surface area contributed by atoms with E-state index in [0.717, 1.165) is 12.8 Å². The second kappa shape index (κ2) is 6.91. The summed E-state index contributed by atoms with van der Waals surface area (Å²) >= 11 is 5.52. The fourth-order valence-corrected chi connectivity index (χ4v) is 1.54. The van der Waals surface area contributed by atoms with Crippen molar-refractivity contribution in [2.45, 2.75) is 19.3 Å². The highest BCUT2D eigenvalue weighted by molar-refractivity contribution is 6.17. The molecule has 0 spiro atoms. The van der Waals surface area contributed by atoms with Gasteiger partial charge in [0.05, 0.1) is 0 Å². The third-order valence-electron chi connectivity index (χ3n) is 2.22. The monoisotopic (exact) mass is 254 g/mol. The normalized spacial score (nSPS) is 9.94. The molecule has 0 aliphatic rings.